The van der Waals surface area contributed by atoms with E-state index in [0.717, 1.165) is 51.4 Å². The zero-order valence-electron chi connectivity index (χ0n) is 16.2. The predicted molar refractivity (Wildman–Crippen MR) is 101 cm³/mol. The molecule has 2 atom stereocenters. The molecule has 0 heterocycles. The molecular formula is C19H37N3O3. The van der Waals surface area contributed by atoms with E-state index in [1.54, 1.807) is 7.11 Å². The summed E-state index contributed by atoms with van der Waals surface area (Å²) in [5.41, 5.74) is 8.14. The Bertz CT molecular complexity index is 371. The zero-order chi connectivity index (χ0) is 18.8. The van der Waals surface area contributed by atoms with Crippen LogP contribution in [0.3, 0.4) is 0 Å². The lowest BCUT2D eigenvalue weighted by atomic mass is 9.99. The molecule has 0 radical (unpaired) electrons. The summed E-state index contributed by atoms with van der Waals surface area (Å²) in [5, 5.41) is 13.3. The van der Waals surface area contributed by atoms with E-state index in [9.17, 15) is 9.90 Å². The minimum absolute atomic E-state index is 0.0674. The van der Waals surface area contributed by atoms with Gasteiger partial charge in [-0.1, -0.05) is 71.1 Å². The maximum Gasteiger partial charge on any atom is 0.218 e. The Labute approximate surface area is 153 Å². The number of aliphatic hydroxyl groups is 1. The fourth-order valence-electron chi connectivity index (χ4n) is 3.04. The van der Waals surface area contributed by atoms with Gasteiger partial charge in [0.1, 0.15) is 0 Å². The van der Waals surface area contributed by atoms with Crippen molar-refractivity contribution in [2.75, 3.05) is 7.11 Å². The van der Waals surface area contributed by atoms with Crippen molar-refractivity contribution in [2.24, 2.45) is 5.11 Å². The lowest BCUT2D eigenvalue weighted by Gasteiger charge is -2.21. The molecule has 1 amide bonds. The minimum Gasteiger partial charge on any atom is -0.390 e. The van der Waals surface area contributed by atoms with Crippen LogP contribution in [0.4, 0.5) is 0 Å². The number of amides is 1. The Morgan fingerprint density at radius 2 is 1.56 bits per heavy atom. The number of unbranched alkanes of at least 4 members (excludes halogenated alkanes) is 9. The summed E-state index contributed by atoms with van der Waals surface area (Å²) in [4.78, 5) is 13.5. The maximum atomic E-state index is 11.0. The number of ether oxygens (including phenoxy) is 1. The van der Waals surface area contributed by atoms with Crippen molar-refractivity contribution in [2.45, 2.75) is 109 Å². The fourth-order valence-corrected chi connectivity index (χ4v) is 3.04. The second-order valence-corrected chi connectivity index (χ2v) is 6.79. The molecular weight excluding hydrogens is 318 g/mol. The van der Waals surface area contributed by atoms with Gasteiger partial charge < -0.3 is 9.84 Å². The monoisotopic (exact) mass is 355 g/mol. The summed E-state index contributed by atoms with van der Waals surface area (Å²) < 4.78 is 5.45. The van der Waals surface area contributed by atoms with Crippen LogP contribution in [0.25, 0.3) is 10.4 Å². The van der Waals surface area contributed by atoms with Crippen LogP contribution in [0.1, 0.15) is 96.8 Å². The van der Waals surface area contributed by atoms with Gasteiger partial charge in [-0.15, -0.1) is 0 Å². The molecule has 0 bridgehead atoms. The van der Waals surface area contributed by atoms with Crippen LogP contribution in [0.5, 0.6) is 0 Å². The zero-order valence-corrected chi connectivity index (χ0v) is 16.2. The highest BCUT2D eigenvalue weighted by atomic mass is 16.5. The van der Waals surface area contributed by atoms with Crippen LogP contribution in [-0.2, 0) is 9.53 Å². The third kappa shape index (κ3) is 14.9. The number of azide groups is 1. The maximum absolute atomic E-state index is 11.0. The van der Waals surface area contributed by atoms with Crippen molar-refractivity contribution < 1.29 is 14.6 Å². The standard InChI is InChI=1S/C19H37N3O3/c1-3-4-5-6-8-11-14-17(23)18(25-2)15-12-9-7-10-13-16-19(24)21-22-20/h17-18,23H,3-16H2,1-2H3. The van der Waals surface area contributed by atoms with E-state index in [2.05, 4.69) is 16.9 Å². The van der Waals surface area contributed by atoms with Crippen molar-refractivity contribution in [1.29, 1.82) is 0 Å². The van der Waals surface area contributed by atoms with Gasteiger partial charge in [0.2, 0.25) is 5.91 Å². The van der Waals surface area contributed by atoms with Gasteiger partial charge in [0.25, 0.3) is 0 Å². The summed E-state index contributed by atoms with van der Waals surface area (Å²) in [6.45, 7) is 2.22. The highest BCUT2D eigenvalue weighted by Gasteiger charge is 2.17. The lowest BCUT2D eigenvalue weighted by Crippen LogP contribution is -2.27. The van der Waals surface area contributed by atoms with Crippen molar-refractivity contribution in [3.8, 4) is 0 Å². The molecule has 146 valence electrons. The van der Waals surface area contributed by atoms with Crippen LogP contribution in [0, 0.1) is 0 Å². The van der Waals surface area contributed by atoms with Gasteiger partial charge in [-0.05, 0) is 29.9 Å². The van der Waals surface area contributed by atoms with Crippen LogP contribution >= 0.6 is 0 Å². The van der Waals surface area contributed by atoms with E-state index in [4.69, 9.17) is 10.3 Å². The second-order valence-electron chi connectivity index (χ2n) is 6.79. The first-order valence-electron chi connectivity index (χ1n) is 9.94. The van der Waals surface area contributed by atoms with Gasteiger partial charge in [-0.3, -0.25) is 4.79 Å². The predicted octanol–water partition coefficient (Wildman–Crippen LogP) is 5.68. The number of methoxy groups -OCH3 is 1. The molecule has 0 aromatic rings. The lowest BCUT2D eigenvalue weighted by molar-refractivity contribution is -0.118. The molecule has 0 rings (SSSR count). The third-order valence-electron chi connectivity index (χ3n) is 4.62. The first-order chi connectivity index (χ1) is 12.2. The summed E-state index contributed by atoms with van der Waals surface area (Å²) in [7, 11) is 1.68. The summed E-state index contributed by atoms with van der Waals surface area (Å²) in [5.74, 6) is -0.375. The molecule has 0 aliphatic carbocycles. The van der Waals surface area contributed by atoms with Gasteiger partial charge in [-0.25, -0.2) is 0 Å². The van der Waals surface area contributed by atoms with Gasteiger partial charge >= 0.3 is 0 Å². The average Bonchev–Trinajstić information content (AvgIpc) is 2.60. The first-order valence-corrected chi connectivity index (χ1v) is 9.94. The molecule has 0 fully saturated rings. The molecule has 6 nitrogen and oxygen atoms in total. The molecule has 0 aliphatic rings. The molecule has 2 unspecified atom stereocenters. The van der Waals surface area contributed by atoms with Gasteiger partial charge in [0, 0.05) is 18.4 Å². The highest BCUT2D eigenvalue weighted by Crippen LogP contribution is 2.17. The summed E-state index contributed by atoms with van der Waals surface area (Å²) >= 11 is 0. The van der Waals surface area contributed by atoms with Crippen molar-refractivity contribution in [3.63, 3.8) is 0 Å². The van der Waals surface area contributed by atoms with Crippen LogP contribution in [0.15, 0.2) is 5.11 Å². The van der Waals surface area contributed by atoms with E-state index in [1.165, 1.54) is 32.1 Å². The molecule has 0 aliphatic heterocycles. The van der Waals surface area contributed by atoms with Crippen LogP contribution in [0.2, 0.25) is 0 Å². The van der Waals surface area contributed by atoms with E-state index in [0.29, 0.717) is 6.42 Å². The van der Waals surface area contributed by atoms with Gasteiger partial charge in [0.15, 0.2) is 0 Å². The normalized spacial score (nSPS) is 13.2. The molecule has 25 heavy (non-hydrogen) atoms. The van der Waals surface area contributed by atoms with E-state index in [1.807, 2.05) is 0 Å². The highest BCUT2D eigenvalue weighted by molar-refractivity contribution is 5.76. The molecule has 0 saturated heterocycles. The Kier molecular flexibility index (Phi) is 16.9. The fraction of sp³-hybridized carbons (Fsp3) is 0.947. The minimum atomic E-state index is -0.375. The SMILES string of the molecule is CCCCCCCCC(O)C(CCCCCCCC(=O)N=[N+]=[N-])OC. The molecule has 0 aromatic carbocycles. The Hall–Kier alpha value is -1.10. The first kappa shape index (κ1) is 23.9. The van der Waals surface area contributed by atoms with Gasteiger partial charge in [0.05, 0.1) is 12.2 Å². The second kappa shape index (κ2) is 17.7. The molecule has 0 spiro atoms. The number of aliphatic hydroxyl groups excluding tert-OH is 1. The Balaban J connectivity index is 3.62. The van der Waals surface area contributed by atoms with Crippen LogP contribution < -0.4 is 0 Å². The number of carbonyl (C=O) groups excluding carboxylic acids is 1. The summed E-state index contributed by atoms with van der Waals surface area (Å²) in [6.07, 6.45) is 13.9. The molecule has 1 N–H and O–H groups in total. The van der Waals surface area contributed by atoms with Gasteiger partial charge in [-0.2, -0.15) is 0 Å². The number of nitrogens with zero attached hydrogens (tertiary/aromatic N) is 3. The smallest absolute Gasteiger partial charge is 0.218 e. The van der Waals surface area contributed by atoms with E-state index < -0.39 is 0 Å². The molecule has 0 saturated carbocycles. The topological polar surface area (TPSA) is 95.3 Å². The average molecular weight is 356 g/mol. The third-order valence-corrected chi connectivity index (χ3v) is 4.62. The van der Waals surface area contributed by atoms with Crippen LogP contribution in [-0.4, -0.2) is 30.3 Å². The van der Waals surface area contributed by atoms with Crippen molar-refractivity contribution in [3.05, 3.63) is 10.4 Å². The quantitative estimate of drug-likeness (QED) is 0.157. The molecule has 0 aromatic heterocycles. The largest absolute Gasteiger partial charge is 0.390 e. The number of rotatable bonds is 17. The number of hydrogen-bond acceptors (Lipinski definition) is 3. The summed E-state index contributed by atoms with van der Waals surface area (Å²) in [6, 6.07) is 0. The van der Waals surface area contributed by atoms with E-state index in [-0.39, 0.29) is 18.1 Å². The van der Waals surface area contributed by atoms with E-state index >= 15 is 0 Å². The number of carbonyl (C=O) groups is 1. The van der Waals surface area contributed by atoms with Crippen molar-refractivity contribution >= 4 is 5.91 Å². The number of hydrogen-bond donors (Lipinski definition) is 1. The van der Waals surface area contributed by atoms with Crippen molar-refractivity contribution in [1.82, 2.24) is 0 Å². The Morgan fingerprint density at radius 1 is 1.00 bits per heavy atom. The molecule has 6 heteroatoms. The Morgan fingerprint density at radius 3 is 2.16 bits per heavy atom.